The molecule has 0 unspecified atom stereocenters. The number of nitrogens with one attached hydrogen (secondary N) is 1. The van der Waals surface area contributed by atoms with Crippen molar-refractivity contribution in [3.05, 3.63) is 57.5 Å². The van der Waals surface area contributed by atoms with Crippen molar-refractivity contribution in [3.8, 4) is 0 Å². The molecule has 0 bridgehead atoms. The molecule has 140 valence electrons. The first-order valence-corrected chi connectivity index (χ1v) is 9.54. The van der Waals surface area contributed by atoms with Crippen LogP contribution in [0.2, 0.25) is 0 Å². The van der Waals surface area contributed by atoms with E-state index in [4.69, 9.17) is 8.83 Å². The van der Waals surface area contributed by atoms with Crippen LogP contribution in [0.1, 0.15) is 6.92 Å². The first-order valence-electron chi connectivity index (χ1n) is 8.06. The van der Waals surface area contributed by atoms with E-state index in [0.717, 1.165) is 0 Å². The third kappa shape index (κ3) is 2.74. The van der Waals surface area contributed by atoms with E-state index in [-0.39, 0.29) is 16.2 Å². The van der Waals surface area contributed by atoms with Crippen LogP contribution >= 0.6 is 0 Å². The van der Waals surface area contributed by atoms with Crippen molar-refractivity contribution < 1.29 is 17.3 Å². The van der Waals surface area contributed by atoms with Crippen molar-refractivity contribution >= 4 is 37.9 Å². The molecule has 0 aliphatic heterocycles. The highest BCUT2D eigenvalue weighted by atomic mass is 32.2. The Morgan fingerprint density at radius 2 is 1.70 bits per heavy atom. The number of benzene rings is 2. The zero-order valence-electron chi connectivity index (χ0n) is 14.4. The van der Waals surface area contributed by atoms with Gasteiger partial charge in [-0.15, -0.1) is 0 Å². The Morgan fingerprint density at radius 3 is 2.44 bits per heavy atom. The summed E-state index contributed by atoms with van der Waals surface area (Å²) in [6, 6.07) is 8.74. The summed E-state index contributed by atoms with van der Waals surface area (Å²) in [6.07, 6.45) is 0. The van der Waals surface area contributed by atoms with E-state index in [0.29, 0.717) is 23.2 Å². The molecule has 4 rings (SSSR count). The molecule has 9 nitrogen and oxygen atoms in total. The van der Waals surface area contributed by atoms with Crippen LogP contribution in [0.3, 0.4) is 0 Å². The van der Waals surface area contributed by atoms with E-state index in [1.807, 2.05) is 0 Å². The molecule has 0 aliphatic rings. The van der Waals surface area contributed by atoms with E-state index in [9.17, 15) is 18.0 Å². The maximum atomic E-state index is 12.7. The van der Waals surface area contributed by atoms with Crippen LogP contribution in [0.5, 0.6) is 0 Å². The lowest BCUT2D eigenvalue weighted by atomic mass is 10.3. The smallest absolute Gasteiger partial charge is 0.408 e. The number of aromatic nitrogens is 2. The van der Waals surface area contributed by atoms with Gasteiger partial charge < -0.3 is 8.83 Å². The van der Waals surface area contributed by atoms with Crippen molar-refractivity contribution in [2.24, 2.45) is 7.05 Å². The average molecular weight is 389 g/mol. The molecule has 10 heteroatoms. The van der Waals surface area contributed by atoms with Crippen molar-refractivity contribution in [3.63, 3.8) is 0 Å². The van der Waals surface area contributed by atoms with Gasteiger partial charge in [0.05, 0.1) is 21.6 Å². The third-order valence-electron chi connectivity index (χ3n) is 4.31. The van der Waals surface area contributed by atoms with Gasteiger partial charge >= 0.3 is 11.5 Å². The highest BCUT2D eigenvalue weighted by Gasteiger charge is 2.18. The molecule has 0 spiro atoms. The molecule has 2 heterocycles. The fraction of sp³-hybridized carbons (Fsp3) is 0.176. The van der Waals surface area contributed by atoms with Crippen molar-refractivity contribution in [2.45, 2.75) is 18.4 Å². The molecule has 2 aromatic carbocycles. The third-order valence-corrected chi connectivity index (χ3v) is 5.69. The zero-order valence-corrected chi connectivity index (χ0v) is 15.2. The summed E-state index contributed by atoms with van der Waals surface area (Å²) < 4.78 is 40.7. The molecule has 2 aromatic heterocycles. The quantitative estimate of drug-likeness (QED) is 0.569. The van der Waals surface area contributed by atoms with E-state index in [1.54, 1.807) is 6.92 Å². The van der Waals surface area contributed by atoms with E-state index in [2.05, 4.69) is 4.72 Å². The number of sulfonamides is 1. The summed E-state index contributed by atoms with van der Waals surface area (Å²) in [7, 11) is -2.40. The van der Waals surface area contributed by atoms with Crippen LogP contribution in [-0.2, 0) is 23.6 Å². The van der Waals surface area contributed by atoms with Crippen molar-refractivity contribution in [1.82, 2.24) is 9.13 Å². The van der Waals surface area contributed by atoms with Crippen LogP contribution in [0.4, 0.5) is 5.69 Å². The summed E-state index contributed by atoms with van der Waals surface area (Å²) in [5.74, 6) is -1.08. The Morgan fingerprint density at radius 1 is 0.963 bits per heavy atom. The minimum absolute atomic E-state index is 0.0480. The predicted octanol–water partition coefficient (Wildman–Crippen LogP) is 1.86. The van der Waals surface area contributed by atoms with Crippen LogP contribution in [0.15, 0.2) is 59.7 Å². The number of rotatable bonds is 4. The molecule has 0 aliphatic carbocycles. The highest BCUT2D eigenvalue weighted by molar-refractivity contribution is 7.92. The normalized spacial score (nSPS) is 12.1. The molecule has 0 amide bonds. The molecular formula is C17H15N3O6S. The topological polar surface area (TPSA) is 116 Å². The van der Waals surface area contributed by atoms with Crippen molar-refractivity contribution in [2.75, 3.05) is 4.72 Å². The van der Waals surface area contributed by atoms with Gasteiger partial charge in [-0.3, -0.25) is 13.9 Å². The molecule has 0 fully saturated rings. The minimum atomic E-state index is -3.93. The molecule has 0 radical (unpaired) electrons. The minimum Gasteiger partial charge on any atom is -0.408 e. The maximum absolute atomic E-state index is 12.7. The van der Waals surface area contributed by atoms with Crippen LogP contribution in [0, 0.1) is 0 Å². The van der Waals surface area contributed by atoms with Gasteiger partial charge in [0.2, 0.25) is 0 Å². The summed E-state index contributed by atoms with van der Waals surface area (Å²) in [6.45, 7) is 2.21. The van der Waals surface area contributed by atoms with Crippen LogP contribution < -0.4 is 16.2 Å². The second kappa shape index (κ2) is 5.88. The van der Waals surface area contributed by atoms with Crippen molar-refractivity contribution in [1.29, 1.82) is 0 Å². The number of anilines is 1. The molecule has 0 atom stereocenters. The van der Waals surface area contributed by atoms with E-state index in [1.165, 1.54) is 52.6 Å². The summed E-state index contributed by atoms with van der Waals surface area (Å²) in [5.41, 5.74) is 1.80. The Labute approximate surface area is 152 Å². The SMILES string of the molecule is CCn1c(=O)oc2cc(S(=O)(=O)Nc3ccc4oc(=O)n(C)c4c3)ccc21. The Balaban J connectivity index is 1.75. The lowest BCUT2D eigenvalue weighted by molar-refractivity contribution is 0.512. The molecule has 1 N–H and O–H groups in total. The molecule has 4 aromatic rings. The first kappa shape index (κ1) is 17.2. The number of aryl methyl sites for hydroxylation is 2. The molecule has 0 saturated carbocycles. The molecule has 0 saturated heterocycles. The molecule has 27 heavy (non-hydrogen) atoms. The predicted molar refractivity (Wildman–Crippen MR) is 98.4 cm³/mol. The monoisotopic (exact) mass is 389 g/mol. The fourth-order valence-corrected chi connectivity index (χ4v) is 3.98. The van der Waals surface area contributed by atoms with Gasteiger partial charge in [0.25, 0.3) is 10.0 Å². The summed E-state index contributed by atoms with van der Waals surface area (Å²) >= 11 is 0. The van der Waals surface area contributed by atoms with Gasteiger partial charge in [-0.1, -0.05) is 0 Å². The Bertz CT molecular complexity index is 1400. The fourth-order valence-electron chi connectivity index (χ4n) is 2.92. The van der Waals surface area contributed by atoms with Gasteiger partial charge in [-0.25, -0.2) is 18.0 Å². The van der Waals surface area contributed by atoms with Crippen LogP contribution in [-0.4, -0.2) is 17.6 Å². The second-order valence-corrected chi connectivity index (χ2v) is 7.64. The standard InChI is InChI=1S/C17H15N3O6S/c1-3-20-12-6-5-11(9-15(12)26-17(20)22)27(23,24)18-10-4-7-14-13(8-10)19(2)16(21)25-14/h4-9,18H,3H2,1-2H3. The molecular weight excluding hydrogens is 374 g/mol. The lowest BCUT2D eigenvalue weighted by Gasteiger charge is -2.08. The maximum Gasteiger partial charge on any atom is 0.419 e. The van der Waals surface area contributed by atoms with Gasteiger partial charge in [-0.05, 0) is 37.3 Å². The average Bonchev–Trinajstić information content (AvgIpc) is 3.09. The van der Waals surface area contributed by atoms with Gasteiger partial charge in [0.1, 0.15) is 0 Å². The van der Waals surface area contributed by atoms with Crippen LogP contribution in [0.25, 0.3) is 22.2 Å². The summed E-state index contributed by atoms with van der Waals surface area (Å²) in [5, 5.41) is 0. The number of hydrogen-bond donors (Lipinski definition) is 1. The largest absolute Gasteiger partial charge is 0.419 e. The van der Waals surface area contributed by atoms with E-state index < -0.39 is 21.5 Å². The highest BCUT2D eigenvalue weighted by Crippen LogP contribution is 2.23. The first-order chi connectivity index (χ1) is 12.8. The Kier molecular flexibility index (Phi) is 3.74. The van der Waals surface area contributed by atoms with Gasteiger partial charge in [0.15, 0.2) is 11.2 Å². The van der Waals surface area contributed by atoms with Gasteiger partial charge in [-0.2, -0.15) is 0 Å². The van der Waals surface area contributed by atoms with E-state index >= 15 is 0 Å². The number of fused-ring (bicyclic) bond motifs is 2. The number of nitrogens with zero attached hydrogens (tertiary/aromatic N) is 2. The second-order valence-electron chi connectivity index (χ2n) is 5.96. The number of hydrogen-bond acceptors (Lipinski definition) is 6. The zero-order chi connectivity index (χ0) is 19.3. The lowest BCUT2D eigenvalue weighted by Crippen LogP contribution is -2.13. The Hall–Kier alpha value is -3.27. The summed E-state index contributed by atoms with van der Waals surface area (Å²) in [4.78, 5) is 23.3. The number of oxazole rings is 2. The van der Waals surface area contributed by atoms with Gasteiger partial charge in [0, 0.05) is 19.7 Å².